The largest absolute Gasteiger partial charge is 0.350 e. The van der Waals surface area contributed by atoms with Gasteiger partial charge in [0.25, 0.3) is 5.91 Å². The highest BCUT2D eigenvalue weighted by molar-refractivity contribution is 7.12. The smallest absolute Gasteiger partial charge is 0.269 e. The molecule has 0 unspecified atom stereocenters. The van der Waals surface area contributed by atoms with Gasteiger partial charge >= 0.3 is 0 Å². The van der Waals surface area contributed by atoms with E-state index in [0.717, 1.165) is 33.5 Å². The summed E-state index contributed by atoms with van der Waals surface area (Å²) in [5.74, 6) is -0.142. The molecule has 0 spiro atoms. The molecule has 0 aliphatic heterocycles. The van der Waals surface area contributed by atoms with Gasteiger partial charge in [0.1, 0.15) is 5.69 Å². The first-order valence-corrected chi connectivity index (χ1v) is 10.2. The van der Waals surface area contributed by atoms with Gasteiger partial charge in [-0.1, -0.05) is 30.3 Å². The Morgan fingerprint density at radius 2 is 1.93 bits per heavy atom. The van der Waals surface area contributed by atoms with Crippen molar-refractivity contribution in [1.82, 2.24) is 29.9 Å². The maximum Gasteiger partial charge on any atom is 0.269 e. The van der Waals surface area contributed by atoms with E-state index in [2.05, 4.69) is 20.5 Å². The summed E-state index contributed by atoms with van der Waals surface area (Å²) < 4.78 is 3.46. The van der Waals surface area contributed by atoms with E-state index in [1.807, 2.05) is 66.4 Å². The topological polar surface area (TPSA) is 77.6 Å². The minimum absolute atomic E-state index is 0.142. The molecule has 0 radical (unpaired) electrons. The van der Waals surface area contributed by atoms with Gasteiger partial charge in [-0.25, -0.2) is 9.67 Å². The van der Waals surface area contributed by atoms with Crippen LogP contribution in [0, 0.1) is 13.8 Å². The number of hydrogen-bond acceptors (Lipinski definition) is 5. The molecule has 148 valence electrons. The Morgan fingerprint density at radius 3 is 2.66 bits per heavy atom. The van der Waals surface area contributed by atoms with Crippen LogP contribution in [-0.2, 0) is 13.5 Å². The number of benzene rings is 1. The zero-order valence-corrected chi connectivity index (χ0v) is 17.4. The van der Waals surface area contributed by atoms with Crippen molar-refractivity contribution in [3.63, 3.8) is 0 Å². The molecule has 3 heterocycles. The van der Waals surface area contributed by atoms with Gasteiger partial charge in [0.2, 0.25) is 5.13 Å². The van der Waals surface area contributed by atoms with E-state index in [1.165, 1.54) is 0 Å². The van der Waals surface area contributed by atoms with Gasteiger partial charge in [-0.3, -0.25) is 9.48 Å². The molecule has 0 aliphatic rings. The molecule has 1 amide bonds. The molecule has 0 bridgehead atoms. The van der Waals surface area contributed by atoms with Crippen molar-refractivity contribution in [2.75, 3.05) is 6.54 Å². The Hall–Kier alpha value is -3.26. The van der Waals surface area contributed by atoms with Crippen LogP contribution in [0.5, 0.6) is 0 Å². The zero-order chi connectivity index (χ0) is 20.4. The van der Waals surface area contributed by atoms with Crippen LogP contribution < -0.4 is 5.32 Å². The fourth-order valence-electron chi connectivity index (χ4n) is 3.16. The molecule has 0 aliphatic carbocycles. The van der Waals surface area contributed by atoms with Gasteiger partial charge in [0.15, 0.2) is 0 Å². The molecule has 8 heteroatoms. The second-order valence-electron chi connectivity index (χ2n) is 6.87. The fourth-order valence-corrected chi connectivity index (χ4v) is 4.02. The Kier molecular flexibility index (Phi) is 5.26. The lowest BCUT2D eigenvalue weighted by molar-refractivity contribution is 0.0944. The van der Waals surface area contributed by atoms with Crippen LogP contribution in [0.2, 0.25) is 0 Å². The van der Waals surface area contributed by atoms with Crippen molar-refractivity contribution in [2.45, 2.75) is 20.3 Å². The second-order valence-corrected chi connectivity index (χ2v) is 7.71. The van der Waals surface area contributed by atoms with Crippen molar-refractivity contribution in [3.8, 4) is 16.4 Å². The van der Waals surface area contributed by atoms with Crippen LogP contribution in [0.4, 0.5) is 0 Å². The molecular formula is C21H22N6OS. The zero-order valence-electron chi connectivity index (χ0n) is 16.6. The third kappa shape index (κ3) is 4.12. The molecule has 29 heavy (non-hydrogen) atoms. The summed E-state index contributed by atoms with van der Waals surface area (Å²) in [6.07, 6.45) is 0.658. The molecule has 1 N–H and O–H groups in total. The predicted octanol–water partition coefficient (Wildman–Crippen LogP) is 3.32. The van der Waals surface area contributed by atoms with Gasteiger partial charge in [-0.2, -0.15) is 10.2 Å². The molecule has 0 saturated heterocycles. The standard InChI is InChI=1S/C21H22N6OS/c1-14-11-15(2)27(24-14)21-23-17(13-29-21)9-10-22-20(28)19-12-18(25-26(19)3)16-7-5-4-6-8-16/h4-8,11-13H,9-10H2,1-3H3,(H,22,28). The van der Waals surface area contributed by atoms with Gasteiger partial charge in [0.05, 0.1) is 17.1 Å². The maximum atomic E-state index is 12.6. The van der Waals surface area contributed by atoms with E-state index in [4.69, 9.17) is 0 Å². The fraction of sp³-hybridized carbons (Fsp3) is 0.238. The number of carbonyl (C=O) groups excluding carboxylic acids is 1. The Bertz CT molecular complexity index is 1140. The number of aromatic nitrogens is 5. The van der Waals surface area contributed by atoms with E-state index in [-0.39, 0.29) is 5.91 Å². The summed E-state index contributed by atoms with van der Waals surface area (Å²) >= 11 is 1.55. The monoisotopic (exact) mass is 406 g/mol. The Balaban J connectivity index is 1.37. The lowest BCUT2D eigenvalue weighted by Crippen LogP contribution is -2.27. The van der Waals surface area contributed by atoms with Crippen molar-refractivity contribution in [3.05, 3.63) is 70.6 Å². The summed E-state index contributed by atoms with van der Waals surface area (Å²) in [6, 6.07) is 13.7. The first-order valence-electron chi connectivity index (χ1n) is 9.37. The van der Waals surface area contributed by atoms with Crippen LogP contribution in [0.1, 0.15) is 27.6 Å². The lowest BCUT2D eigenvalue weighted by Gasteiger charge is -2.04. The van der Waals surface area contributed by atoms with Crippen molar-refractivity contribution >= 4 is 17.2 Å². The van der Waals surface area contributed by atoms with Crippen molar-refractivity contribution in [1.29, 1.82) is 0 Å². The molecule has 0 atom stereocenters. The van der Waals surface area contributed by atoms with E-state index in [0.29, 0.717) is 18.7 Å². The third-order valence-corrected chi connectivity index (χ3v) is 5.44. The number of thiazole rings is 1. The number of nitrogens with zero attached hydrogens (tertiary/aromatic N) is 5. The number of aryl methyl sites for hydroxylation is 3. The molecule has 0 fully saturated rings. The highest BCUT2D eigenvalue weighted by Gasteiger charge is 2.14. The summed E-state index contributed by atoms with van der Waals surface area (Å²) in [7, 11) is 1.78. The molecular weight excluding hydrogens is 384 g/mol. The van der Waals surface area contributed by atoms with Gasteiger partial charge in [-0.15, -0.1) is 11.3 Å². The molecule has 7 nitrogen and oxygen atoms in total. The molecule has 4 rings (SSSR count). The Morgan fingerprint density at radius 1 is 1.14 bits per heavy atom. The van der Waals surface area contributed by atoms with Crippen molar-refractivity contribution < 1.29 is 4.79 Å². The molecule has 4 aromatic rings. The summed E-state index contributed by atoms with van der Waals surface area (Å²) in [4.78, 5) is 17.2. The minimum Gasteiger partial charge on any atom is -0.350 e. The SMILES string of the molecule is Cc1cc(C)n(-c2nc(CCNC(=O)c3cc(-c4ccccc4)nn3C)cs2)n1. The third-order valence-electron chi connectivity index (χ3n) is 4.58. The van der Waals surface area contributed by atoms with Gasteiger partial charge in [-0.05, 0) is 26.0 Å². The average Bonchev–Trinajstić information content (AvgIpc) is 3.41. The summed E-state index contributed by atoms with van der Waals surface area (Å²) in [5, 5.41) is 14.7. The van der Waals surface area contributed by atoms with Gasteiger partial charge < -0.3 is 5.32 Å². The molecule has 3 aromatic heterocycles. The first-order chi connectivity index (χ1) is 14.0. The van der Waals surface area contributed by atoms with E-state index in [9.17, 15) is 4.79 Å². The number of hydrogen-bond donors (Lipinski definition) is 1. The predicted molar refractivity (Wildman–Crippen MR) is 113 cm³/mol. The quantitative estimate of drug-likeness (QED) is 0.533. The average molecular weight is 407 g/mol. The van der Waals surface area contributed by atoms with E-state index < -0.39 is 0 Å². The maximum absolute atomic E-state index is 12.6. The number of rotatable bonds is 6. The van der Waals surface area contributed by atoms with Crippen LogP contribution >= 0.6 is 11.3 Å². The van der Waals surface area contributed by atoms with E-state index >= 15 is 0 Å². The minimum atomic E-state index is -0.142. The molecule has 1 aromatic carbocycles. The highest BCUT2D eigenvalue weighted by Crippen LogP contribution is 2.19. The number of nitrogens with one attached hydrogen (secondary N) is 1. The Labute approximate surface area is 173 Å². The van der Waals surface area contributed by atoms with Crippen LogP contribution in [0.25, 0.3) is 16.4 Å². The van der Waals surface area contributed by atoms with E-state index in [1.54, 1.807) is 23.1 Å². The van der Waals surface area contributed by atoms with Gasteiger partial charge in [0, 0.05) is 36.7 Å². The molecule has 0 saturated carbocycles. The second kappa shape index (κ2) is 8.00. The first kappa shape index (κ1) is 19.1. The van der Waals surface area contributed by atoms with Crippen LogP contribution in [0.15, 0.2) is 47.8 Å². The normalized spacial score (nSPS) is 11.0. The number of amides is 1. The van der Waals surface area contributed by atoms with Crippen molar-refractivity contribution in [2.24, 2.45) is 7.05 Å². The summed E-state index contributed by atoms with van der Waals surface area (Å²) in [6.45, 7) is 4.49. The van der Waals surface area contributed by atoms with Crippen LogP contribution in [-0.4, -0.2) is 37.0 Å². The lowest BCUT2D eigenvalue weighted by atomic mass is 10.1. The summed E-state index contributed by atoms with van der Waals surface area (Å²) in [5.41, 5.74) is 5.27. The van der Waals surface area contributed by atoms with Crippen LogP contribution in [0.3, 0.4) is 0 Å². The highest BCUT2D eigenvalue weighted by atomic mass is 32.1. The number of carbonyl (C=O) groups is 1.